The second-order valence-corrected chi connectivity index (χ2v) is 9.27. The highest BCUT2D eigenvalue weighted by atomic mass is 16.2. The van der Waals surface area contributed by atoms with E-state index in [1.54, 1.807) is 6.20 Å². The number of aryl methyl sites for hydroxylation is 2. The number of amides is 2. The predicted molar refractivity (Wildman–Crippen MR) is 116 cm³/mol. The first kappa shape index (κ1) is 21.1. The minimum Gasteiger partial charge on any atom is -0.352 e. The van der Waals surface area contributed by atoms with E-state index in [-0.39, 0.29) is 17.7 Å². The van der Waals surface area contributed by atoms with Crippen LogP contribution in [0.1, 0.15) is 56.3 Å². The largest absolute Gasteiger partial charge is 0.352 e. The third-order valence-corrected chi connectivity index (χ3v) is 6.99. The first-order chi connectivity index (χ1) is 14.5. The molecule has 0 spiro atoms. The summed E-state index contributed by atoms with van der Waals surface area (Å²) in [6, 6.07) is 0. The smallest absolute Gasteiger partial charge is 0.227 e. The molecule has 1 aliphatic carbocycles. The SMILES string of the molecule is Cc1cnc(C)c(N2CCN(C(=O)C3CCC(=O)N(CC4CCCCC4)C3)CC2)n1. The molecule has 1 aromatic heterocycles. The number of anilines is 1. The monoisotopic (exact) mass is 413 g/mol. The van der Waals surface area contributed by atoms with Gasteiger partial charge in [-0.05, 0) is 39.0 Å². The molecule has 7 heteroatoms. The summed E-state index contributed by atoms with van der Waals surface area (Å²) < 4.78 is 0. The van der Waals surface area contributed by atoms with Crippen LogP contribution in [0.25, 0.3) is 0 Å². The Morgan fingerprint density at radius 2 is 1.80 bits per heavy atom. The standard InChI is InChI=1S/C23H35N5O2/c1-17-14-24-18(2)22(25-17)26-10-12-27(13-11-26)23(30)20-8-9-21(29)28(16-20)15-19-6-4-3-5-7-19/h14,19-20H,3-13,15-16H2,1-2H3. The maximum Gasteiger partial charge on any atom is 0.227 e. The molecule has 1 aromatic rings. The van der Waals surface area contributed by atoms with Gasteiger partial charge in [0.1, 0.15) is 5.82 Å². The number of piperazine rings is 1. The van der Waals surface area contributed by atoms with E-state index in [1.807, 2.05) is 23.6 Å². The van der Waals surface area contributed by atoms with Gasteiger partial charge < -0.3 is 14.7 Å². The Hall–Kier alpha value is -2.18. The van der Waals surface area contributed by atoms with Gasteiger partial charge in [0.2, 0.25) is 11.8 Å². The molecule has 0 N–H and O–H groups in total. The van der Waals surface area contributed by atoms with E-state index in [2.05, 4.69) is 14.9 Å². The van der Waals surface area contributed by atoms with Gasteiger partial charge in [0, 0.05) is 51.9 Å². The number of likely N-dealkylation sites (tertiary alicyclic amines) is 1. The van der Waals surface area contributed by atoms with Crippen molar-refractivity contribution in [2.75, 3.05) is 44.2 Å². The van der Waals surface area contributed by atoms with Crippen LogP contribution in [0.15, 0.2) is 6.20 Å². The minimum absolute atomic E-state index is 0.0432. The Morgan fingerprint density at radius 1 is 1.07 bits per heavy atom. The van der Waals surface area contributed by atoms with Gasteiger partial charge in [-0.1, -0.05) is 19.3 Å². The van der Waals surface area contributed by atoms with E-state index in [0.29, 0.717) is 38.4 Å². The van der Waals surface area contributed by atoms with Crippen molar-refractivity contribution in [3.05, 3.63) is 17.6 Å². The van der Waals surface area contributed by atoms with Gasteiger partial charge in [-0.25, -0.2) is 4.98 Å². The van der Waals surface area contributed by atoms with Gasteiger partial charge in [0.05, 0.1) is 17.3 Å². The highest BCUT2D eigenvalue weighted by Crippen LogP contribution is 2.28. The van der Waals surface area contributed by atoms with Crippen molar-refractivity contribution in [3.8, 4) is 0 Å². The third-order valence-electron chi connectivity index (χ3n) is 6.99. The fourth-order valence-corrected chi connectivity index (χ4v) is 5.20. The molecule has 3 fully saturated rings. The number of piperidine rings is 1. The maximum atomic E-state index is 13.2. The molecule has 164 valence electrons. The molecule has 1 unspecified atom stereocenters. The van der Waals surface area contributed by atoms with Gasteiger partial charge in [-0.15, -0.1) is 0 Å². The number of rotatable bonds is 4. The van der Waals surface area contributed by atoms with Crippen molar-refractivity contribution in [2.45, 2.75) is 58.8 Å². The first-order valence-electron chi connectivity index (χ1n) is 11.6. The Balaban J connectivity index is 1.32. The van der Waals surface area contributed by atoms with Crippen LogP contribution in [-0.2, 0) is 9.59 Å². The summed E-state index contributed by atoms with van der Waals surface area (Å²) in [5.74, 6) is 1.98. The van der Waals surface area contributed by atoms with Crippen LogP contribution in [-0.4, -0.2) is 70.9 Å². The lowest BCUT2D eigenvalue weighted by Gasteiger charge is -2.40. The Morgan fingerprint density at radius 3 is 2.53 bits per heavy atom. The number of hydrogen-bond acceptors (Lipinski definition) is 5. The fraction of sp³-hybridized carbons (Fsp3) is 0.739. The molecule has 3 aliphatic rings. The number of carbonyl (C=O) groups excluding carboxylic acids is 2. The van der Waals surface area contributed by atoms with Crippen LogP contribution in [0, 0.1) is 25.7 Å². The molecule has 1 saturated carbocycles. The van der Waals surface area contributed by atoms with E-state index >= 15 is 0 Å². The van der Waals surface area contributed by atoms with Gasteiger partial charge >= 0.3 is 0 Å². The van der Waals surface area contributed by atoms with E-state index in [9.17, 15) is 9.59 Å². The molecule has 2 aliphatic heterocycles. The zero-order valence-corrected chi connectivity index (χ0v) is 18.5. The van der Waals surface area contributed by atoms with Gasteiger partial charge in [0.25, 0.3) is 0 Å². The van der Waals surface area contributed by atoms with Crippen molar-refractivity contribution in [2.24, 2.45) is 11.8 Å². The summed E-state index contributed by atoms with van der Waals surface area (Å²) in [5.41, 5.74) is 1.85. The quantitative estimate of drug-likeness (QED) is 0.759. The molecule has 30 heavy (non-hydrogen) atoms. The zero-order chi connectivity index (χ0) is 21.1. The van der Waals surface area contributed by atoms with Gasteiger partial charge in [0.15, 0.2) is 0 Å². The van der Waals surface area contributed by atoms with Crippen molar-refractivity contribution in [1.82, 2.24) is 19.8 Å². The lowest BCUT2D eigenvalue weighted by molar-refractivity contribution is -0.143. The van der Waals surface area contributed by atoms with E-state index in [4.69, 9.17) is 0 Å². The van der Waals surface area contributed by atoms with Crippen molar-refractivity contribution in [3.63, 3.8) is 0 Å². The second-order valence-electron chi connectivity index (χ2n) is 9.27. The first-order valence-corrected chi connectivity index (χ1v) is 11.6. The van der Waals surface area contributed by atoms with E-state index in [1.165, 1.54) is 32.1 Å². The summed E-state index contributed by atoms with van der Waals surface area (Å²) in [6.07, 6.45) is 9.35. The van der Waals surface area contributed by atoms with Crippen molar-refractivity contribution in [1.29, 1.82) is 0 Å². The average molecular weight is 414 g/mol. The molecule has 4 rings (SSSR count). The van der Waals surface area contributed by atoms with Gasteiger partial charge in [-0.2, -0.15) is 0 Å². The average Bonchev–Trinajstić information content (AvgIpc) is 2.77. The highest BCUT2D eigenvalue weighted by molar-refractivity contribution is 5.84. The lowest BCUT2D eigenvalue weighted by atomic mass is 9.87. The Bertz CT molecular complexity index is 769. The summed E-state index contributed by atoms with van der Waals surface area (Å²) in [6.45, 7) is 8.38. The summed E-state index contributed by atoms with van der Waals surface area (Å²) >= 11 is 0. The van der Waals surface area contributed by atoms with Crippen LogP contribution in [0.4, 0.5) is 5.82 Å². The highest BCUT2D eigenvalue weighted by Gasteiger charge is 2.35. The Labute approximate surface area is 179 Å². The van der Waals surface area contributed by atoms with Crippen LogP contribution in [0.3, 0.4) is 0 Å². The summed E-state index contributed by atoms with van der Waals surface area (Å²) in [7, 11) is 0. The fourth-order valence-electron chi connectivity index (χ4n) is 5.20. The summed E-state index contributed by atoms with van der Waals surface area (Å²) in [5, 5.41) is 0. The van der Waals surface area contributed by atoms with E-state index < -0.39 is 0 Å². The second kappa shape index (κ2) is 9.31. The minimum atomic E-state index is -0.0432. The normalized spacial score (nSPS) is 23.7. The molecule has 7 nitrogen and oxygen atoms in total. The van der Waals surface area contributed by atoms with Gasteiger partial charge in [-0.3, -0.25) is 14.6 Å². The molecule has 0 radical (unpaired) electrons. The zero-order valence-electron chi connectivity index (χ0n) is 18.5. The number of nitrogens with zero attached hydrogens (tertiary/aromatic N) is 5. The van der Waals surface area contributed by atoms with Crippen LogP contribution >= 0.6 is 0 Å². The number of carbonyl (C=O) groups is 2. The lowest BCUT2D eigenvalue weighted by Crippen LogP contribution is -2.54. The van der Waals surface area contributed by atoms with Crippen molar-refractivity contribution >= 4 is 17.6 Å². The molecule has 2 saturated heterocycles. The molecule has 0 bridgehead atoms. The molecular weight excluding hydrogens is 378 g/mol. The number of aromatic nitrogens is 2. The van der Waals surface area contributed by atoms with E-state index in [0.717, 1.165) is 36.8 Å². The molecule has 2 amide bonds. The third kappa shape index (κ3) is 4.76. The number of hydrogen-bond donors (Lipinski definition) is 0. The predicted octanol–water partition coefficient (Wildman–Crippen LogP) is 2.56. The Kier molecular flexibility index (Phi) is 6.54. The molecule has 1 atom stereocenters. The molecular formula is C23H35N5O2. The topological polar surface area (TPSA) is 69.6 Å². The summed E-state index contributed by atoms with van der Waals surface area (Å²) in [4.78, 5) is 40.9. The maximum absolute atomic E-state index is 13.2. The molecule has 0 aromatic carbocycles. The van der Waals surface area contributed by atoms with Crippen LogP contribution in [0.5, 0.6) is 0 Å². The van der Waals surface area contributed by atoms with Crippen molar-refractivity contribution < 1.29 is 9.59 Å². The van der Waals surface area contributed by atoms with Crippen LogP contribution in [0.2, 0.25) is 0 Å². The molecule has 3 heterocycles. The van der Waals surface area contributed by atoms with Crippen LogP contribution < -0.4 is 4.90 Å².